The molecule has 1 heterocycles. The van der Waals surface area contributed by atoms with E-state index in [-0.39, 0.29) is 12.5 Å². The number of aryl methyl sites for hydroxylation is 1. The quantitative estimate of drug-likeness (QED) is 0.680. The van der Waals surface area contributed by atoms with Gasteiger partial charge in [-0.25, -0.2) is 5.43 Å². The van der Waals surface area contributed by atoms with Gasteiger partial charge in [0.15, 0.2) is 6.61 Å². The van der Waals surface area contributed by atoms with Gasteiger partial charge in [0.1, 0.15) is 5.75 Å². The van der Waals surface area contributed by atoms with Crippen LogP contribution in [-0.4, -0.2) is 18.7 Å². The summed E-state index contributed by atoms with van der Waals surface area (Å²) in [5.74, 6) is 0.187. The number of carbonyl (C=O) groups excluding carboxylic acids is 1. The highest BCUT2D eigenvalue weighted by atomic mass is 32.1. The molecule has 1 aromatic heterocycles. The molecular formula is C15H13N3O2S. The maximum Gasteiger partial charge on any atom is 0.277 e. The molecule has 0 unspecified atom stereocenters. The van der Waals surface area contributed by atoms with E-state index in [2.05, 4.69) is 10.5 Å². The first-order chi connectivity index (χ1) is 10.2. The fraction of sp³-hybridized carbons (Fsp3) is 0.133. The Morgan fingerprint density at radius 1 is 1.43 bits per heavy atom. The van der Waals surface area contributed by atoms with Crippen LogP contribution in [-0.2, 0) is 4.79 Å². The summed E-state index contributed by atoms with van der Waals surface area (Å²) in [6.07, 6.45) is 1.61. The number of hydrazone groups is 1. The molecule has 6 heteroatoms. The van der Waals surface area contributed by atoms with Crippen LogP contribution >= 0.6 is 11.3 Å². The predicted octanol–water partition coefficient (Wildman–Crippen LogP) is 2.46. The highest BCUT2D eigenvalue weighted by molar-refractivity contribution is 7.11. The van der Waals surface area contributed by atoms with Crippen LogP contribution in [0.5, 0.6) is 5.75 Å². The molecule has 0 atom stereocenters. The zero-order valence-electron chi connectivity index (χ0n) is 11.4. The fourth-order valence-electron chi connectivity index (χ4n) is 1.49. The third kappa shape index (κ3) is 4.44. The number of benzene rings is 1. The Labute approximate surface area is 126 Å². The lowest BCUT2D eigenvalue weighted by Gasteiger charge is -2.04. The molecule has 0 radical (unpaired) electrons. The molecule has 1 amide bonds. The summed E-state index contributed by atoms with van der Waals surface area (Å²) < 4.78 is 5.29. The Hall–Kier alpha value is -2.65. The van der Waals surface area contributed by atoms with Gasteiger partial charge in [0, 0.05) is 4.88 Å². The normalized spacial score (nSPS) is 10.3. The SMILES string of the molecule is Cc1ccsc1/C=N\NC(=O)COc1ccc(C#N)cc1. The summed E-state index contributed by atoms with van der Waals surface area (Å²) in [4.78, 5) is 12.6. The third-order valence-electron chi connectivity index (χ3n) is 2.63. The smallest absolute Gasteiger partial charge is 0.277 e. The van der Waals surface area contributed by atoms with Crippen LogP contribution in [0.2, 0.25) is 0 Å². The van der Waals surface area contributed by atoms with Crippen LogP contribution in [0.1, 0.15) is 16.0 Å². The lowest BCUT2D eigenvalue weighted by atomic mass is 10.2. The lowest BCUT2D eigenvalue weighted by Crippen LogP contribution is -2.24. The number of rotatable bonds is 5. The van der Waals surface area contributed by atoms with Crippen molar-refractivity contribution in [2.24, 2.45) is 5.10 Å². The molecular weight excluding hydrogens is 286 g/mol. The fourth-order valence-corrected chi connectivity index (χ4v) is 2.27. The number of ether oxygens (including phenoxy) is 1. The maximum atomic E-state index is 11.6. The molecule has 1 aromatic carbocycles. The monoisotopic (exact) mass is 299 g/mol. The van der Waals surface area contributed by atoms with Crippen molar-refractivity contribution in [2.75, 3.05) is 6.61 Å². The summed E-state index contributed by atoms with van der Waals surface area (Å²) >= 11 is 1.56. The molecule has 21 heavy (non-hydrogen) atoms. The number of nitriles is 1. The van der Waals surface area contributed by atoms with E-state index in [1.807, 2.05) is 24.4 Å². The molecule has 0 saturated heterocycles. The molecule has 0 saturated carbocycles. The summed E-state index contributed by atoms with van der Waals surface area (Å²) in [6, 6.07) is 10.5. The molecule has 2 rings (SSSR count). The standard InChI is InChI=1S/C15H13N3O2S/c1-11-6-7-21-14(11)9-17-18-15(19)10-20-13-4-2-12(8-16)3-5-13/h2-7,9H,10H2,1H3,(H,18,19)/b17-9-. The molecule has 2 aromatic rings. The van der Waals surface area contributed by atoms with E-state index in [9.17, 15) is 4.79 Å². The second kappa shape index (κ2) is 7.22. The van der Waals surface area contributed by atoms with Crippen LogP contribution in [0.4, 0.5) is 0 Å². The Kier molecular flexibility index (Phi) is 5.07. The van der Waals surface area contributed by atoms with E-state index in [4.69, 9.17) is 10.00 Å². The van der Waals surface area contributed by atoms with Crippen molar-refractivity contribution in [1.82, 2.24) is 5.43 Å². The minimum absolute atomic E-state index is 0.132. The van der Waals surface area contributed by atoms with Gasteiger partial charge in [-0.15, -0.1) is 11.3 Å². The van der Waals surface area contributed by atoms with Gasteiger partial charge in [-0.05, 0) is 48.2 Å². The molecule has 0 aliphatic heterocycles. The van der Waals surface area contributed by atoms with E-state index in [1.165, 1.54) is 0 Å². The Bertz CT molecular complexity index is 684. The van der Waals surface area contributed by atoms with Crippen molar-refractivity contribution in [3.63, 3.8) is 0 Å². The zero-order chi connectivity index (χ0) is 15.1. The van der Waals surface area contributed by atoms with Gasteiger partial charge >= 0.3 is 0 Å². The van der Waals surface area contributed by atoms with Crippen molar-refractivity contribution in [2.45, 2.75) is 6.92 Å². The van der Waals surface area contributed by atoms with E-state index in [1.54, 1.807) is 41.8 Å². The van der Waals surface area contributed by atoms with E-state index < -0.39 is 0 Å². The second-order valence-corrected chi connectivity index (χ2v) is 5.13. The Balaban J connectivity index is 1.78. The van der Waals surface area contributed by atoms with E-state index in [0.29, 0.717) is 11.3 Å². The van der Waals surface area contributed by atoms with Crippen molar-refractivity contribution in [1.29, 1.82) is 5.26 Å². The number of hydrogen-bond donors (Lipinski definition) is 1. The molecule has 0 fully saturated rings. The number of nitrogens with one attached hydrogen (secondary N) is 1. The first-order valence-corrected chi connectivity index (χ1v) is 7.06. The van der Waals surface area contributed by atoms with Gasteiger partial charge in [0.2, 0.25) is 0 Å². The van der Waals surface area contributed by atoms with Crippen molar-refractivity contribution < 1.29 is 9.53 Å². The molecule has 1 N–H and O–H groups in total. The molecule has 5 nitrogen and oxygen atoms in total. The predicted molar refractivity (Wildman–Crippen MR) is 81.4 cm³/mol. The van der Waals surface area contributed by atoms with Crippen LogP contribution in [0.25, 0.3) is 0 Å². The Morgan fingerprint density at radius 2 is 2.19 bits per heavy atom. The highest BCUT2D eigenvalue weighted by Crippen LogP contribution is 2.12. The molecule has 0 aliphatic carbocycles. The first kappa shape index (κ1) is 14.8. The van der Waals surface area contributed by atoms with Crippen molar-refractivity contribution in [3.8, 4) is 11.8 Å². The van der Waals surface area contributed by atoms with Gasteiger partial charge in [0.25, 0.3) is 5.91 Å². The molecule has 0 bridgehead atoms. The van der Waals surface area contributed by atoms with Gasteiger partial charge in [-0.1, -0.05) is 0 Å². The van der Waals surface area contributed by atoms with Crippen LogP contribution < -0.4 is 10.2 Å². The third-order valence-corrected chi connectivity index (χ3v) is 3.58. The first-order valence-electron chi connectivity index (χ1n) is 6.18. The molecule has 106 valence electrons. The van der Waals surface area contributed by atoms with Crippen LogP contribution in [0.15, 0.2) is 40.8 Å². The molecule has 0 aliphatic rings. The number of carbonyl (C=O) groups is 1. The highest BCUT2D eigenvalue weighted by Gasteiger charge is 2.02. The topological polar surface area (TPSA) is 74.5 Å². The zero-order valence-corrected chi connectivity index (χ0v) is 12.2. The average Bonchev–Trinajstić information content (AvgIpc) is 2.91. The summed E-state index contributed by atoms with van der Waals surface area (Å²) in [5.41, 5.74) is 4.06. The van der Waals surface area contributed by atoms with E-state index >= 15 is 0 Å². The van der Waals surface area contributed by atoms with Gasteiger partial charge in [0.05, 0.1) is 17.8 Å². The summed E-state index contributed by atoms with van der Waals surface area (Å²) in [5, 5.41) is 14.5. The van der Waals surface area contributed by atoms with Gasteiger partial charge in [-0.2, -0.15) is 10.4 Å². The largest absolute Gasteiger partial charge is 0.484 e. The van der Waals surface area contributed by atoms with Crippen molar-refractivity contribution >= 4 is 23.5 Å². The number of thiophene rings is 1. The van der Waals surface area contributed by atoms with E-state index in [0.717, 1.165) is 10.4 Å². The van der Waals surface area contributed by atoms with Crippen molar-refractivity contribution in [3.05, 3.63) is 51.7 Å². The van der Waals surface area contributed by atoms with Crippen LogP contribution in [0.3, 0.4) is 0 Å². The summed E-state index contributed by atoms with van der Waals surface area (Å²) in [7, 11) is 0. The number of hydrogen-bond acceptors (Lipinski definition) is 5. The average molecular weight is 299 g/mol. The lowest BCUT2D eigenvalue weighted by molar-refractivity contribution is -0.123. The van der Waals surface area contributed by atoms with Gasteiger partial charge in [-0.3, -0.25) is 4.79 Å². The number of nitrogens with zero attached hydrogens (tertiary/aromatic N) is 2. The molecule has 0 spiro atoms. The minimum Gasteiger partial charge on any atom is -0.484 e. The minimum atomic E-state index is -0.343. The van der Waals surface area contributed by atoms with Gasteiger partial charge < -0.3 is 4.74 Å². The van der Waals surface area contributed by atoms with Crippen LogP contribution in [0, 0.1) is 18.3 Å². The second-order valence-electron chi connectivity index (χ2n) is 4.19. The summed E-state index contributed by atoms with van der Waals surface area (Å²) in [6.45, 7) is 1.85. The number of amides is 1. The maximum absolute atomic E-state index is 11.6. The Morgan fingerprint density at radius 3 is 2.81 bits per heavy atom.